The van der Waals surface area contributed by atoms with Gasteiger partial charge in [-0.1, -0.05) is 121 Å². The molecule has 0 aliphatic carbocycles. The van der Waals surface area contributed by atoms with Crippen LogP contribution in [0.5, 0.6) is 0 Å². The van der Waals surface area contributed by atoms with Crippen LogP contribution in [0.2, 0.25) is 0 Å². The average molecular weight is 747 g/mol. The number of hydrogen-bond donors (Lipinski definition) is 2. The van der Waals surface area contributed by atoms with Gasteiger partial charge in [-0.15, -0.1) is 0 Å². The van der Waals surface area contributed by atoms with E-state index >= 15 is 0 Å². The summed E-state index contributed by atoms with van der Waals surface area (Å²) in [5.41, 5.74) is 16.0. The first-order valence-electron chi connectivity index (χ1n) is 15.7. The lowest BCUT2D eigenvalue weighted by atomic mass is 10.0. The third-order valence-corrected chi connectivity index (χ3v) is 11.0. The van der Waals surface area contributed by atoms with Crippen LogP contribution in [0.15, 0.2) is 146 Å². The average Bonchev–Trinajstić information content (AvgIpc) is 3.40. The third kappa shape index (κ3) is 4.88. The monoisotopic (exact) mass is 744 g/mol. The molecule has 48 heavy (non-hydrogen) atoms. The molecule has 0 saturated carbocycles. The van der Waals surface area contributed by atoms with E-state index in [0.717, 1.165) is 98.3 Å². The van der Waals surface area contributed by atoms with E-state index in [1.54, 1.807) is 0 Å². The Balaban J connectivity index is 1.50. The van der Waals surface area contributed by atoms with E-state index in [2.05, 4.69) is 163 Å². The van der Waals surface area contributed by atoms with Crippen molar-refractivity contribution in [1.82, 2.24) is 19.9 Å². The lowest BCUT2D eigenvalue weighted by Gasteiger charge is -2.06. The molecule has 5 heterocycles. The maximum Gasteiger partial charge on any atom is 0.100 e. The molecule has 2 aromatic heterocycles. The first kappa shape index (κ1) is 28.9. The van der Waals surface area contributed by atoms with Crippen molar-refractivity contribution in [3.8, 4) is 55.9 Å². The van der Waals surface area contributed by atoms with Gasteiger partial charge in [-0.3, -0.25) is 0 Å². The number of fused-ring (bicyclic) bond motifs is 7. The Morgan fingerprint density at radius 1 is 0.312 bits per heavy atom. The van der Waals surface area contributed by atoms with Gasteiger partial charge in [-0.05, 0) is 78.4 Å². The number of H-pyrrole nitrogens is 2. The molecule has 0 amide bonds. The van der Waals surface area contributed by atoms with Gasteiger partial charge in [0.15, 0.2) is 0 Å². The summed E-state index contributed by atoms with van der Waals surface area (Å²) in [6, 6.07) is 50.6. The van der Waals surface area contributed by atoms with Crippen LogP contribution in [0, 0.1) is 0 Å². The van der Waals surface area contributed by atoms with Gasteiger partial charge in [-0.25, -0.2) is 9.97 Å². The SMILES string of the molecule is BrC1=C(Br)c2nc1c(-c1ccccc1)c1ccc([nH]1)c(-c1ccccc1)c1nc-1c(-c1ccccc1)c1ccc([nH]1)c2-c1ccccc1. The topological polar surface area (TPSA) is 57.4 Å². The minimum atomic E-state index is 0.848. The highest BCUT2D eigenvalue weighted by molar-refractivity contribution is 9.18. The Bertz CT molecular complexity index is 2380. The first-order valence-corrected chi connectivity index (χ1v) is 17.3. The summed E-state index contributed by atoms with van der Waals surface area (Å²) < 4.78 is 1.79. The fraction of sp³-hybridized carbons (Fsp3) is 0. The number of aromatic amines is 2. The van der Waals surface area contributed by atoms with Crippen molar-refractivity contribution in [2.24, 2.45) is 0 Å². The molecule has 3 aliphatic heterocycles. The molecule has 228 valence electrons. The molecule has 3 aliphatic rings. The molecule has 4 nitrogen and oxygen atoms in total. The zero-order valence-electron chi connectivity index (χ0n) is 25.5. The molecule has 6 bridgehead atoms. The summed E-state index contributed by atoms with van der Waals surface area (Å²) in [7, 11) is 0. The van der Waals surface area contributed by atoms with Crippen molar-refractivity contribution < 1.29 is 0 Å². The van der Waals surface area contributed by atoms with Crippen LogP contribution in [0.4, 0.5) is 0 Å². The summed E-state index contributed by atoms with van der Waals surface area (Å²) in [5.74, 6) is 0. The van der Waals surface area contributed by atoms with E-state index in [0.29, 0.717) is 0 Å². The van der Waals surface area contributed by atoms with Crippen LogP contribution < -0.4 is 0 Å². The van der Waals surface area contributed by atoms with Crippen LogP contribution in [-0.4, -0.2) is 19.9 Å². The van der Waals surface area contributed by atoms with Gasteiger partial charge in [0, 0.05) is 44.3 Å². The van der Waals surface area contributed by atoms with Crippen molar-refractivity contribution in [3.05, 3.63) is 157 Å². The van der Waals surface area contributed by atoms with Gasteiger partial charge in [0.2, 0.25) is 0 Å². The molecule has 0 saturated heterocycles. The highest BCUT2D eigenvalue weighted by Crippen LogP contribution is 2.48. The van der Waals surface area contributed by atoms with Crippen LogP contribution in [0.25, 0.3) is 86.9 Å². The maximum absolute atomic E-state index is 5.43. The quantitative estimate of drug-likeness (QED) is 0.188. The number of rotatable bonds is 4. The molecule has 0 atom stereocenters. The molecule has 2 N–H and O–H groups in total. The first-order chi connectivity index (χ1) is 23.7. The van der Waals surface area contributed by atoms with Gasteiger partial charge < -0.3 is 9.97 Å². The third-order valence-electron chi connectivity index (χ3n) is 8.88. The van der Waals surface area contributed by atoms with Crippen LogP contribution in [0.3, 0.4) is 0 Å². The Morgan fingerprint density at radius 3 is 0.854 bits per heavy atom. The molecule has 0 spiro atoms. The van der Waals surface area contributed by atoms with Crippen LogP contribution in [-0.2, 0) is 0 Å². The van der Waals surface area contributed by atoms with E-state index in [9.17, 15) is 0 Å². The van der Waals surface area contributed by atoms with Crippen molar-refractivity contribution >= 4 is 62.9 Å². The molecule has 9 rings (SSSR count). The van der Waals surface area contributed by atoms with Crippen molar-refractivity contribution in [2.45, 2.75) is 0 Å². The normalized spacial score (nSPS) is 12.3. The standard InChI is InChI=1S/C42H26Br2N4/c43-37-38(44)40-34(26-15-7-2-8-16-26)30-22-24-32(46-30)36(28-19-11-4-12-20-28)42-41(48-42)35(27-17-9-3-10-18-27)31-23-21-29(45-31)33(39(37)47-40)25-13-5-1-6-14-25/h1-24,45-46H. The fourth-order valence-corrected chi connectivity index (χ4v) is 7.60. The lowest BCUT2D eigenvalue weighted by Crippen LogP contribution is -1.89. The smallest absolute Gasteiger partial charge is 0.100 e. The van der Waals surface area contributed by atoms with E-state index in [1.165, 1.54) is 0 Å². The summed E-state index contributed by atoms with van der Waals surface area (Å²) >= 11 is 7.94. The summed E-state index contributed by atoms with van der Waals surface area (Å²) in [6.07, 6.45) is 0. The minimum Gasteiger partial charge on any atom is -0.354 e. The number of aromatic nitrogens is 4. The van der Waals surface area contributed by atoms with Crippen LogP contribution >= 0.6 is 31.9 Å². The van der Waals surface area contributed by atoms with Crippen molar-refractivity contribution in [1.29, 1.82) is 0 Å². The predicted octanol–water partition coefficient (Wildman–Crippen LogP) is 12.3. The van der Waals surface area contributed by atoms with Gasteiger partial charge in [-0.2, -0.15) is 0 Å². The van der Waals surface area contributed by atoms with Gasteiger partial charge in [0.25, 0.3) is 0 Å². The molecular weight excluding hydrogens is 720 g/mol. The molecule has 4 aromatic carbocycles. The molecule has 6 heteroatoms. The second-order valence-electron chi connectivity index (χ2n) is 11.8. The Hall–Kier alpha value is -5.30. The fourth-order valence-electron chi connectivity index (χ4n) is 6.65. The Kier molecular flexibility index (Phi) is 7.07. The Morgan fingerprint density at radius 2 is 0.562 bits per heavy atom. The number of nitrogens with one attached hydrogen (secondary N) is 2. The zero-order valence-corrected chi connectivity index (χ0v) is 28.7. The van der Waals surface area contributed by atoms with Crippen molar-refractivity contribution in [2.75, 3.05) is 0 Å². The second kappa shape index (κ2) is 11.7. The maximum atomic E-state index is 5.43. The summed E-state index contributed by atoms with van der Waals surface area (Å²) in [4.78, 5) is 18.2. The summed E-state index contributed by atoms with van der Waals surface area (Å²) in [6.45, 7) is 0. The van der Waals surface area contributed by atoms with E-state index in [1.807, 2.05) is 24.3 Å². The minimum absolute atomic E-state index is 0.848. The lowest BCUT2D eigenvalue weighted by molar-refractivity contribution is 1.31. The number of benzene rings is 4. The van der Waals surface area contributed by atoms with Gasteiger partial charge in [0.05, 0.1) is 20.4 Å². The Labute approximate surface area is 294 Å². The zero-order chi connectivity index (χ0) is 32.2. The molecule has 0 fully saturated rings. The number of hydrogen-bond acceptors (Lipinski definition) is 2. The molecule has 0 radical (unpaired) electrons. The van der Waals surface area contributed by atoms with Gasteiger partial charge in [0.1, 0.15) is 11.4 Å². The number of halogens is 2. The molecule has 0 unspecified atom stereocenters. The van der Waals surface area contributed by atoms with E-state index in [4.69, 9.17) is 9.97 Å². The molecular formula is C42H26Br2N4. The van der Waals surface area contributed by atoms with E-state index < -0.39 is 0 Å². The largest absolute Gasteiger partial charge is 0.354 e. The summed E-state index contributed by atoms with van der Waals surface area (Å²) in [5, 5.41) is 0. The van der Waals surface area contributed by atoms with Crippen LogP contribution in [0.1, 0.15) is 11.4 Å². The van der Waals surface area contributed by atoms with E-state index in [-0.39, 0.29) is 0 Å². The second-order valence-corrected chi connectivity index (χ2v) is 13.4. The van der Waals surface area contributed by atoms with Crippen molar-refractivity contribution in [3.63, 3.8) is 0 Å². The predicted molar refractivity (Wildman–Crippen MR) is 206 cm³/mol. The molecule has 6 aromatic rings. The highest BCUT2D eigenvalue weighted by Gasteiger charge is 2.28. The highest BCUT2D eigenvalue weighted by atomic mass is 79.9. The van der Waals surface area contributed by atoms with Gasteiger partial charge >= 0.3 is 0 Å². The number of nitrogens with zero attached hydrogens (tertiary/aromatic N) is 2.